The van der Waals surface area contributed by atoms with Crippen LogP contribution in [0.25, 0.3) is 0 Å². The van der Waals surface area contributed by atoms with Crippen LogP contribution in [0.5, 0.6) is 0 Å². The zero-order valence-corrected chi connectivity index (χ0v) is 12.4. The van der Waals surface area contributed by atoms with E-state index < -0.39 is 17.9 Å². The highest BCUT2D eigenvalue weighted by Crippen LogP contribution is 2.29. The monoisotopic (exact) mass is 291 g/mol. The highest BCUT2D eigenvalue weighted by atomic mass is 16.4. The van der Waals surface area contributed by atoms with E-state index in [4.69, 9.17) is 5.11 Å². The molecule has 0 fully saturated rings. The maximum atomic E-state index is 12.3. The normalized spacial score (nSPS) is 13.2. The summed E-state index contributed by atoms with van der Waals surface area (Å²) in [6.45, 7) is 2.83. The van der Waals surface area contributed by atoms with Crippen LogP contribution in [0.4, 0.5) is 0 Å². The van der Waals surface area contributed by atoms with Crippen LogP contribution in [-0.4, -0.2) is 29.3 Å². The number of nitrogens with one attached hydrogen (secondary N) is 1. The Morgan fingerprint density at radius 3 is 2.33 bits per heavy atom. The summed E-state index contributed by atoms with van der Waals surface area (Å²) >= 11 is 0. The first-order chi connectivity index (χ1) is 9.83. The number of rotatable bonds is 8. The third kappa shape index (κ3) is 5.77. The van der Waals surface area contributed by atoms with Crippen molar-refractivity contribution in [2.45, 2.75) is 33.1 Å². The van der Waals surface area contributed by atoms with Crippen LogP contribution < -0.4 is 5.32 Å². The Labute approximate surface area is 124 Å². The SMILES string of the molecule is CC(=O)CC[C@](C)(Cc1ccccc1)C(=O)NCC(=O)O. The lowest BCUT2D eigenvalue weighted by molar-refractivity contribution is -0.140. The minimum absolute atomic E-state index is 0.0142. The van der Waals surface area contributed by atoms with Crippen LogP contribution in [0.1, 0.15) is 32.3 Å². The minimum atomic E-state index is -1.09. The molecule has 0 saturated heterocycles. The van der Waals surface area contributed by atoms with Crippen molar-refractivity contribution in [2.24, 2.45) is 5.41 Å². The first-order valence-corrected chi connectivity index (χ1v) is 6.87. The maximum Gasteiger partial charge on any atom is 0.322 e. The molecule has 5 heteroatoms. The summed E-state index contributed by atoms with van der Waals surface area (Å²) in [5.74, 6) is -1.41. The van der Waals surface area contributed by atoms with Crippen molar-refractivity contribution in [3.05, 3.63) is 35.9 Å². The first kappa shape index (κ1) is 16.9. The van der Waals surface area contributed by atoms with Gasteiger partial charge < -0.3 is 15.2 Å². The summed E-state index contributed by atoms with van der Waals surface area (Å²) in [6, 6.07) is 9.49. The van der Waals surface area contributed by atoms with Gasteiger partial charge in [-0.2, -0.15) is 0 Å². The van der Waals surface area contributed by atoms with Gasteiger partial charge in [0, 0.05) is 6.42 Å². The average Bonchev–Trinajstić information content (AvgIpc) is 2.43. The molecule has 0 aliphatic carbocycles. The Morgan fingerprint density at radius 1 is 1.19 bits per heavy atom. The Kier molecular flexibility index (Phi) is 6.09. The van der Waals surface area contributed by atoms with Crippen LogP contribution in [0.3, 0.4) is 0 Å². The number of ketones is 1. The molecule has 1 aromatic rings. The van der Waals surface area contributed by atoms with E-state index in [1.165, 1.54) is 6.92 Å². The third-order valence-electron chi connectivity index (χ3n) is 3.41. The quantitative estimate of drug-likeness (QED) is 0.765. The number of carboxylic acids is 1. The molecule has 1 amide bonds. The highest BCUT2D eigenvalue weighted by molar-refractivity contribution is 5.86. The molecule has 0 radical (unpaired) electrons. The smallest absolute Gasteiger partial charge is 0.322 e. The fourth-order valence-electron chi connectivity index (χ4n) is 2.15. The van der Waals surface area contributed by atoms with Gasteiger partial charge >= 0.3 is 5.97 Å². The number of benzene rings is 1. The van der Waals surface area contributed by atoms with E-state index in [1.54, 1.807) is 6.92 Å². The van der Waals surface area contributed by atoms with Crippen molar-refractivity contribution in [3.63, 3.8) is 0 Å². The Morgan fingerprint density at radius 2 is 1.81 bits per heavy atom. The van der Waals surface area contributed by atoms with Gasteiger partial charge in [0.25, 0.3) is 0 Å². The maximum absolute atomic E-state index is 12.3. The van der Waals surface area contributed by atoms with Crippen molar-refractivity contribution in [1.29, 1.82) is 0 Å². The summed E-state index contributed by atoms with van der Waals surface area (Å²) < 4.78 is 0. The van der Waals surface area contributed by atoms with Crippen molar-refractivity contribution in [2.75, 3.05) is 6.54 Å². The van der Waals surface area contributed by atoms with Crippen LogP contribution in [-0.2, 0) is 20.8 Å². The molecule has 114 valence electrons. The second-order valence-electron chi connectivity index (χ2n) is 5.50. The zero-order valence-electron chi connectivity index (χ0n) is 12.4. The van der Waals surface area contributed by atoms with Crippen LogP contribution in [0.2, 0.25) is 0 Å². The average molecular weight is 291 g/mol. The molecule has 1 aromatic carbocycles. The number of carbonyl (C=O) groups excluding carboxylic acids is 2. The number of Topliss-reactive ketones (excluding diaryl/α,β-unsaturated/α-hetero) is 1. The first-order valence-electron chi connectivity index (χ1n) is 6.87. The zero-order chi connectivity index (χ0) is 15.9. The molecule has 0 aromatic heterocycles. The van der Waals surface area contributed by atoms with Crippen LogP contribution in [0, 0.1) is 5.41 Å². The Hall–Kier alpha value is -2.17. The van der Waals surface area contributed by atoms with Crippen molar-refractivity contribution in [1.82, 2.24) is 5.32 Å². The van der Waals surface area contributed by atoms with Gasteiger partial charge in [-0.05, 0) is 25.3 Å². The lowest BCUT2D eigenvalue weighted by Crippen LogP contribution is -2.42. The number of hydrogen-bond donors (Lipinski definition) is 2. The van der Waals surface area contributed by atoms with E-state index >= 15 is 0 Å². The number of aliphatic carboxylic acids is 1. The molecule has 1 rings (SSSR count). The van der Waals surface area contributed by atoms with Crippen molar-refractivity contribution in [3.8, 4) is 0 Å². The molecule has 0 aliphatic heterocycles. The predicted octanol–water partition coefficient (Wildman–Crippen LogP) is 1.81. The second-order valence-corrected chi connectivity index (χ2v) is 5.50. The van der Waals surface area contributed by atoms with Gasteiger partial charge in [-0.3, -0.25) is 9.59 Å². The molecule has 5 nitrogen and oxygen atoms in total. The fraction of sp³-hybridized carbons (Fsp3) is 0.438. The van der Waals surface area contributed by atoms with E-state index in [9.17, 15) is 14.4 Å². The molecule has 0 bridgehead atoms. The molecule has 0 unspecified atom stereocenters. The van der Waals surface area contributed by atoms with Crippen LogP contribution >= 0.6 is 0 Å². The molecule has 1 atom stereocenters. The van der Waals surface area contributed by atoms with Crippen LogP contribution in [0.15, 0.2) is 30.3 Å². The number of carbonyl (C=O) groups is 3. The standard InChI is InChI=1S/C16H21NO4/c1-12(18)8-9-16(2,15(21)17-11-14(19)20)10-13-6-4-3-5-7-13/h3-7H,8-11H2,1-2H3,(H,17,21)(H,19,20)/t16-/m1/s1. The van der Waals surface area contributed by atoms with Gasteiger partial charge in [0.15, 0.2) is 0 Å². The van der Waals surface area contributed by atoms with Gasteiger partial charge in [-0.25, -0.2) is 0 Å². The fourth-order valence-corrected chi connectivity index (χ4v) is 2.15. The van der Waals surface area contributed by atoms with E-state index in [-0.39, 0.29) is 11.7 Å². The van der Waals surface area contributed by atoms with Gasteiger partial charge in [0.05, 0.1) is 5.41 Å². The third-order valence-corrected chi connectivity index (χ3v) is 3.41. The van der Waals surface area contributed by atoms with Gasteiger partial charge in [-0.1, -0.05) is 37.3 Å². The predicted molar refractivity (Wildman–Crippen MR) is 78.8 cm³/mol. The highest BCUT2D eigenvalue weighted by Gasteiger charge is 2.33. The summed E-state index contributed by atoms with van der Waals surface area (Å²) in [7, 11) is 0. The molecule has 0 spiro atoms. The van der Waals surface area contributed by atoms with E-state index in [1.807, 2.05) is 30.3 Å². The number of amides is 1. The molecule has 0 aliphatic rings. The van der Waals surface area contributed by atoms with Gasteiger partial charge in [-0.15, -0.1) is 0 Å². The minimum Gasteiger partial charge on any atom is -0.480 e. The number of carboxylic acid groups (broad SMARTS) is 1. The largest absolute Gasteiger partial charge is 0.480 e. The topological polar surface area (TPSA) is 83.5 Å². The Bertz CT molecular complexity index is 512. The molecule has 2 N–H and O–H groups in total. The lowest BCUT2D eigenvalue weighted by atomic mass is 9.78. The molecule has 0 saturated carbocycles. The van der Waals surface area contributed by atoms with Gasteiger partial charge in [0.1, 0.15) is 12.3 Å². The number of hydrogen-bond acceptors (Lipinski definition) is 3. The summed E-state index contributed by atoms with van der Waals surface area (Å²) in [5, 5.41) is 11.1. The lowest BCUT2D eigenvalue weighted by Gasteiger charge is -2.28. The molecule has 21 heavy (non-hydrogen) atoms. The molecule has 0 heterocycles. The molecular formula is C16H21NO4. The van der Waals surface area contributed by atoms with Crippen molar-refractivity contribution < 1.29 is 19.5 Å². The summed E-state index contributed by atoms with van der Waals surface area (Å²) in [6.07, 6.45) is 1.15. The summed E-state index contributed by atoms with van der Waals surface area (Å²) in [5.41, 5.74) is 0.177. The Balaban J connectivity index is 2.85. The van der Waals surface area contributed by atoms with E-state index in [0.29, 0.717) is 19.3 Å². The van der Waals surface area contributed by atoms with E-state index in [2.05, 4.69) is 5.32 Å². The molecular weight excluding hydrogens is 270 g/mol. The van der Waals surface area contributed by atoms with E-state index in [0.717, 1.165) is 5.56 Å². The summed E-state index contributed by atoms with van der Waals surface area (Å²) in [4.78, 5) is 34.1. The second kappa shape index (κ2) is 7.57. The van der Waals surface area contributed by atoms with Gasteiger partial charge in [0.2, 0.25) is 5.91 Å². The van der Waals surface area contributed by atoms with Crippen molar-refractivity contribution >= 4 is 17.7 Å².